The van der Waals surface area contributed by atoms with Gasteiger partial charge in [-0.1, -0.05) is 0 Å². The quantitative estimate of drug-likeness (QED) is 0.743. The Morgan fingerprint density at radius 2 is 2.29 bits per heavy atom. The first-order valence-electron chi connectivity index (χ1n) is 4.80. The minimum atomic E-state index is -1.05. The lowest BCUT2D eigenvalue weighted by molar-refractivity contribution is -0.136. The predicted molar refractivity (Wildman–Crippen MR) is 53.7 cm³/mol. The summed E-state index contributed by atoms with van der Waals surface area (Å²) in [6, 6.07) is 0. The summed E-state index contributed by atoms with van der Waals surface area (Å²) in [4.78, 5) is 10.2. The Hall–Kier alpha value is -0.420. The van der Waals surface area contributed by atoms with E-state index in [0.717, 1.165) is 12.8 Å². The summed E-state index contributed by atoms with van der Waals surface area (Å²) in [5, 5.41) is 8.40. The van der Waals surface area contributed by atoms with Crippen LogP contribution in [0.4, 0.5) is 0 Å². The van der Waals surface area contributed by atoms with Crippen molar-refractivity contribution >= 4 is 16.8 Å². The molecule has 1 aliphatic heterocycles. The molecule has 0 aromatic carbocycles. The second kappa shape index (κ2) is 5.46. The molecule has 82 valence electrons. The highest BCUT2D eigenvalue weighted by Crippen LogP contribution is 2.19. The van der Waals surface area contributed by atoms with Gasteiger partial charge in [-0.3, -0.25) is 9.00 Å². The van der Waals surface area contributed by atoms with E-state index in [1.807, 2.05) is 6.92 Å². The van der Waals surface area contributed by atoms with Crippen LogP contribution in [0.3, 0.4) is 0 Å². The second-order valence-electron chi connectivity index (χ2n) is 3.60. The molecular weight excluding hydrogens is 204 g/mol. The molecule has 14 heavy (non-hydrogen) atoms. The van der Waals surface area contributed by atoms with Gasteiger partial charge in [0.2, 0.25) is 0 Å². The highest BCUT2D eigenvalue weighted by molar-refractivity contribution is 7.85. The molecule has 0 spiro atoms. The van der Waals surface area contributed by atoms with Crippen LogP contribution in [0.15, 0.2) is 0 Å². The number of carboxylic acid groups (broad SMARTS) is 1. The van der Waals surface area contributed by atoms with Crippen molar-refractivity contribution in [1.82, 2.24) is 0 Å². The normalized spacial score (nSPS) is 28.9. The first-order valence-corrected chi connectivity index (χ1v) is 6.29. The molecule has 3 unspecified atom stereocenters. The molecule has 0 aliphatic carbocycles. The predicted octanol–water partition coefficient (Wildman–Crippen LogP) is 0.777. The molecule has 0 aromatic rings. The fourth-order valence-electron chi connectivity index (χ4n) is 1.50. The van der Waals surface area contributed by atoms with Gasteiger partial charge in [-0.2, -0.15) is 0 Å². The van der Waals surface area contributed by atoms with Crippen LogP contribution in [0.25, 0.3) is 0 Å². The molecule has 1 N–H and O–H groups in total. The van der Waals surface area contributed by atoms with Gasteiger partial charge in [-0.05, 0) is 19.8 Å². The summed E-state index contributed by atoms with van der Waals surface area (Å²) in [6.07, 6.45) is 2.27. The number of carbonyl (C=O) groups is 1. The molecular formula is C9H16O4S. The summed E-state index contributed by atoms with van der Waals surface area (Å²) >= 11 is 0. The monoisotopic (exact) mass is 220 g/mol. The van der Waals surface area contributed by atoms with Crippen molar-refractivity contribution in [2.45, 2.75) is 38.4 Å². The van der Waals surface area contributed by atoms with Gasteiger partial charge in [0, 0.05) is 22.3 Å². The van der Waals surface area contributed by atoms with Crippen LogP contribution in [0.5, 0.6) is 0 Å². The Labute approximate surface area is 86.1 Å². The molecule has 1 fully saturated rings. The Bertz CT molecular complexity index is 229. The SMILES string of the molecule is CC1CCC(CS(=O)CCC(=O)O)O1. The van der Waals surface area contributed by atoms with E-state index in [4.69, 9.17) is 9.84 Å². The molecule has 0 aromatic heterocycles. The summed E-state index contributed by atoms with van der Waals surface area (Å²) in [6.45, 7) is 2.00. The van der Waals surface area contributed by atoms with Gasteiger partial charge in [-0.25, -0.2) is 0 Å². The zero-order valence-corrected chi connectivity index (χ0v) is 9.09. The zero-order valence-electron chi connectivity index (χ0n) is 8.27. The van der Waals surface area contributed by atoms with Crippen molar-refractivity contribution in [2.24, 2.45) is 0 Å². The molecule has 0 bridgehead atoms. The smallest absolute Gasteiger partial charge is 0.304 e. The van der Waals surface area contributed by atoms with Crippen LogP contribution in [0, 0.1) is 0 Å². The maximum atomic E-state index is 11.4. The minimum Gasteiger partial charge on any atom is -0.481 e. The van der Waals surface area contributed by atoms with E-state index < -0.39 is 16.8 Å². The lowest BCUT2D eigenvalue weighted by Gasteiger charge is -2.09. The highest BCUT2D eigenvalue weighted by atomic mass is 32.2. The van der Waals surface area contributed by atoms with Crippen molar-refractivity contribution in [3.63, 3.8) is 0 Å². The average Bonchev–Trinajstić information content (AvgIpc) is 2.48. The second-order valence-corrected chi connectivity index (χ2v) is 5.22. The van der Waals surface area contributed by atoms with Crippen molar-refractivity contribution in [3.8, 4) is 0 Å². The highest BCUT2D eigenvalue weighted by Gasteiger charge is 2.23. The molecule has 3 atom stereocenters. The van der Waals surface area contributed by atoms with Gasteiger partial charge in [0.1, 0.15) is 0 Å². The lowest BCUT2D eigenvalue weighted by atomic mass is 10.2. The lowest BCUT2D eigenvalue weighted by Crippen LogP contribution is -2.19. The van der Waals surface area contributed by atoms with Crippen molar-refractivity contribution in [2.75, 3.05) is 11.5 Å². The van der Waals surface area contributed by atoms with Gasteiger partial charge >= 0.3 is 5.97 Å². The van der Waals surface area contributed by atoms with E-state index in [2.05, 4.69) is 0 Å². The van der Waals surface area contributed by atoms with Gasteiger partial charge in [0.25, 0.3) is 0 Å². The maximum absolute atomic E-state index is 11.4. The van der Waals surface area contributed by atoms with Crippen molar-refractivity contribution in [1.29, 1.82) is 0 Å². The molecule has 5 heteroatoms. The Kier molecular flexibility index (Phi) is 4.54. The molecule has 1 saturated heterocycles. The number of hydrogen-bond donors (Lipinski definition) is 1. The van der Waals surface area contributed by atoms with Crippen molar-refractivity contribution in [3.05, 3.63) is 0 Å². The van der Waals surface area contributed by atoms with Gasteiger partial charge in [0.05, 0.1) is 18.6 Å². The molecule has 4 nitrogen and oxygen atoms in total. The molecule has 1 heterocycles. The van der Waals surface area contributed by atoms with Crippen LogP contribution in [-0.2, 0) is 20.3 Å². The van der Waals surface area contributed by atoms with E-state index in [-0.39, 0.29) is 24.4 Å². The van der Waals surface area contributed by atoms with Crippen LogP contribution >= 0.6 is 0 Å². The van der Waals surface area contributed by atoms with Crippen LogP contribution in [-0.4, -0.2) is 39.0 Å². The standard InChI is InChI=1S/C9H16O4S/c1-7-2-3-8(13-7)6-14(12)5-4-9(10)11/h7-8H,2-6H2,1H3,(H,10,11). The summed E-state index contributed by atoms with van der Waals surface area (Å²) < 4.78 is 16.9. The van der Waals surface area contributed by atoms with E-state index in [1.165, 1.54) is 0 Å². The van der Waals surface area contributed by atoms with Crippen LogP contribution in [0.1, 0.15) is 26.2 Å². The Morgan fingerprint density at radius 1 is 1.57 bits per heavy atom. The number of carboxylic acids is 1. The Balaban J connectivity index is 2.17. The van der Waals surface area contributed by atoms with Gasteiger partial charge in [0.15, 0.2) is 0 Å². The number of rotatable bonds is 5. The molecule has 1 rings (SSSR count). The van der Waals surface area contributed by atoms with E-state index in [9.17, 15) is 9.00 Å². The van der Waals surface area contributed by atoms with Crippen LogP contribution in [0.2, 0.25) is 0 Å². The average molecular weight is 220 g/mol. The van der Waals surface area contributed by atoms with Crippen LogP contribution < -0.4 is 0 Å². The molecule has 0 saturated carbocycles. The number of ether oxygens (including phenoxy) is 1. The molecule has 0 amide bonds. The summed E-state index contributed by atoms with van der Waals surface area (Å²) in [7, 11) is -1.05. The fourth-order valence-corrected chi connectivity index (χ4v) is 2.73. The number of aliphatic carboxylic acids is 1. The topological polar surface area (TPSA) is 63.6 Å². The molecule has 0 radical (unpaired) electrons. The zero-order chi connectivity index (χ0) is 10.6. The van der Waals surface area contributed by atoms with Gasteiger partial charge < -0.3 is 9.84 Å². The first kappa shape index (κ1) is 11.7. The number of hydrogen-bond acceptors (Lipinski definition) is 3. The van der Waals surface area contributed by atoms with Gasteiger partial charge in [-0.15, -0.1) is 0 Å². The van der Waals surface area contributed by atoms with E-state index in [1.54, 1.807) is 0 Å². The minimum absolute atomic E-state index is 0.0190. The Morgan fingerprint density at radius 3 is 2.79 bits per heavy atom. The summed E-state index contributed by atoms with van der Waals surface area (Å²) in [5.41, 5.74) is 0. The third kappa shape index (κ3) is 4.19. The molecule has 1 aliphatic rings. The van der Waals surface area contributed by atoms with E-state index >= 15 is 0 Å². The third-order valence-electron chi connectivity index (χ3n) is 2.24. The largest absolute Gasteiger partial charge is 0.481 e. The van der Waals surface area contributed by atoms with Crippen molar-refractivity contribution < 1.29 is 18.8 Å². The fraction of sp³-hybridized carbons (Fsp3) is 0.889. The third-order valence-corrected chi connectivity index (χ3v) is 3.64. The summed E-state index contributed by atoms with van der Waals surface area (Å²) in [5.74, 6) is -0.166. The first-order chi connectivity index (χ1) is 6.58. The van der Waals surface area contributed by atoms with E-state index in [0.29, 0.717) is 5.75 Å². The maximum Gasteiger partial charge on any atom is 0.304 e.